The first-order valence-electron chi connectivity index (χ1n) is 9.95. The molecule has 1 aromatic carbocycles. The molecule has 2 aliphatic carbocycles. The van der Waals surface area contributed by atoms with Crippen LogP contribution in [0.5, 0.6) is 0 Å². The van der Waals surface area contributed by atoms with Gasteiger partial charge in [-0.2, -0.15) is 0 Å². The highest BCUT2D eigenvalue weighted by atomic mass is 28.2. The first-order chi connectivity index (χ1) is 12.2. The zero-order chi connectivity index (χ0) is 19.1. The maximum Gasteiger partial charge on any atom is 0.0706 e. The van der Waals surface area contributed by atoms with Crippen molar-refractivity contribution in [1.29, 1.82) is 0 Å². The van der Waals surface area contributed by atoms with Crippen molar-refractivity contribution < 1.29 is 0 Å². The highest BCUT2D eigenvalue weighted by Crippen LogP contribution is 2.54. The summed E-state index contributed by atoms with van der Waals surface area (Å²) in [7, 11) is -0.486. The summed E-state index contributed by atoms with van der Waals surface area (Å²) in [5.74, 6) is 0. The van der Waals surface area contributed by atoms with Gasteiger partial charge in [0, 0.05) is 5.04 Å². The Morgan fingerprint density at radius 1 is 0.962 bits per heavy atom. The van der Waals surface area contributed by atoms with Gasteiger partial charge in [0.05, 0.1) is 9.52 Å². The largest absolute Gasteiger partial charge is 0.0837 e. The zero-order valence-electron chi connectivity index (χ0n) is 17.7. The van der Waals surface area contributed by atoms with Gasteiger partial charge in [-0.25, -0.2) is 0 Å². The van der Waals surface area contributed by atoms with Gasteiger partial charge >= 0.3 is 0 Å². The van der Waals surface area contributed by atoms with Gasteiger partial charge in [-0.1, -0.05) is 65.8 Å². The molecule has 0 bridgehead atoms. The fourth-order valence-corrected chi connectivity index (χ4v) is 8.12. The molecule has 0 aromatic heterocycles. The second kappa shape index (κ2) is 6.85. The second-order valence-corrected chi connectivity index (χ2v) is 11.5. The SMILES string of the molecule is CC1=CC(CC2(C)C=CC=CC2)([SiH2]c2cc(C)c(C)c(C)c2)C(C)=C1C. The third kappa shape index (κ3) is 3.47. The van der Waals surface area contributed by atoms with Crippen molar-refractivity contribution in [3.8, 4) is 0 Å². The van der Waals surface area contributed by atoms with Crippen LogP contribution in [0.1, 0.15) is 57.2 Å². The third-order valence-electron chi connectivity index (χ3n) is 6.95. The van der Waals surface area contributed by atoms with Gasteiger partial charge in [-0.3, -0.25) is 0 Å². The van der Waals surface area contributed by atoms with E-state index < -0.39 is 9.52 Å². The molecular weight excluding hydrogens is 328 g/mol. The molecule has 0 saturated heterocycles. The van der Waals surface area contributed by atoms with Crippen LogP contribution in [0, 0.1) is 26.2 Å². The normalized spacial score (nSPS) is 28.5. The summed E-state index contributed by atoms with van der Waals surface area (Å²) in [6, 6.07) is 4.94. The predicted octanol–water partition coefficient (Wildman–Crippen LogP) is 5.77. The van der Waals surface area contributed by atoms with Crippen LogP contribution in [-0.4, -0.2) is 9.52 Å². The number of benzene rings is 1. The van der Waals surface area contributed by atoms with E-state index in [0.29, 0.717) is 0 Å². The highest BCUT2D eigenvalue weighted by Gasteiger charge is 2.41. The van der Waals surface area contributed by atoms with Crippen molar-refractivity contribution in [3.63, 3.8) is 0 Å². The van der Waals surface area contributed by atoms with E-state index >= 15 is 0 Å². The van der Waals surface area contributed by atoms with Gasteiger partial charge in [0.25, 0.3) is 0 Å². The van der Waals surface area contributed by atoms with Crippen LogP contribution in [0.4, 0.5) is 0 Å². The summed E-state index contributed by atoms with van der Waals surface area (Å²) in [6.45, 7) is 16.3. The van der Waals surface area contributed by atoms with E-state index in [1.165, 1.54) is 34.3 Å². The average Bonchev–Trinajstić information content (AvgIpc) is 2.76. The summed E-state index contributed by atoms with van der Waals surface area (Å²) >= 11 is 0. The maximum atomic E-state index is 2.63. The van der Waals surface area contributed by atoms with Crippen LogP contribution in [0.3, 0.4) is 0 Å². The van der Waals surface area contributed by atoms with E-state index in [4.69, 9.17) is 0 Å². The molecule has 0 radical (unpaired) electrons. The molecule has 3 rings (SSSR count). The Bertz CT molecular complexity index is 826. The highest BCUT2D eigenvalue weighted by molar-refractivity contribution is 6.58. The van der Waals surface area contributed by atoms with E-state index in [2.05, 4.69) is 91.0 Å². The quantitative estimate of drug-likeness (QED) is 0.596. The number of hydrogen-bond donors (Lipinski definition) is 0. The van der Waals surface area contributed by atoms with Crippen molar-refractivity contribution in [2.75, 3.05) is 0 Å². The molecule has 2 unspecified atom stereocenters. The first-order valence-corrected chi connectivity index (χ1v) is 11.4. The van der Waals surface area contributed by atoms with E-state index in [9.17, 15) is 0 Å². The van der Waals surface area contributed by atoms with Gasteiger partial charge in [0.2, 0.25) is 0 Å². The van der Waals surface area contributed by atoms with Gasteiger partial charge < -0.3 is 0 Å². The third-order valence-corrected chi connectivity index (χ3v) is 9.38. The summed E-state index contributed by atoms with van der Waals surface area (Å²) in [4.78, 5) is 0. The van der Waals surface area contributed by atoms with Crippen molar-refractivity contribution >= 4 is 14.7 Å². The van der Waals surface area contributed by atoms with Gasteiger partial charge in [0.15, 0.2) is 0 Å². The maximum absolute atomic E-state index is 2.63. The Hall–Kier alpha value is -1.60. The predicted molar refractivity (Wildman–Crippen MR) is 119 cm³/mol. The molecule has 0 fully saturated rings. The van der Waals surface area contributed by atoms with Crippen LogP contribution in [0.15, 0.2) is 59.2 Å². The molecule has 0 aliphatic heterocycles. The molecule has 0 spiro atoms. The molecular formula is C25H34Si. The zero-order valence-corrected chi connectivity index (χ0v) is 19.1. The Labute approximate surface area is 162 Å². The van der Waals surface area contributed by atoms with Crippen LogP contribution in [0.25, 0.3) is 0 Å². The van der Waals surface area contributed by atoms with E-state index in [1.54, 1.807) is 10.8 Å². The fourth-order valence-electron chi connectivity index (χ4n) is 4.94. The summed E-state index contributed by atoms with van der Waals surface area (Å²) in [5, 5.41) is 1.88. The number of allylic oxidation sites excluding steroid dienone is 8. The molecule has 138 valence electrons. The molecule has 2 aliphatic rings. The summed E-state index contributed by atoms with van der Waals surface area (Å²) < 4.78 is 0. The molecule has 2 atom stereocenters. The molecule has 0 saturated carbocycles. The summed E-state index contributed by atoms with van der Waals surface area (Å²) in [6.07, 6.45) is 14.3. The van der Waals surface area contributed by atoms with E-state index in [-0.39, 0.29) is 10.5 Å². The molecule has 1 heteroatoms. The Morgan fingerprint density at radius 2 is 1.62 bits per heavy atom. The van der Waals surface area contributed by atoms with Crippen molar-refractivity contribution in [2.24, 2.45) is 5.41 Å². The first kappa shape index (κ1) is 19.2. The van der Waals surface area contributed by atoms with E-state index in [0.717, 1.165) is 6.42 Å². The summed E-state index contributed by atoms with van der Waals surface area (Å²) in [5.41, 5.74) is 9.26. The second-order valence-electron chi connectivity index (χ2n) is 9.09. The lowest BCUT2D eigenvalue weighted by Crippen LogP contribution is -2.34. The van der Waals surface area contributed by atoms with Gasteiger partial charge in [-0.05, 0) is 82.1 Å². The lowest BCUT2D eigenvalue weighted by atomic mass is 9.74. The van der Waals surface area contributed by atoms with Crippen LogP contribution < -0.4 is 5.19 Å². The smallest absolute Gasteiger partial charge is 0.0706 e. The lowest BCUT2D eigenvalue weighted by Gasteiger charge is -2.39. The molecule has 0 N–H and O–H groups in total. The van der Waals surface area contributed by atoms with E-state index in [1.807, 2.05) is 0 Å². The van der Waals surface area contributed by atoms with Crippen LogP contribution in [-0.2, 0) is 0 Å². The topological polar surface area (TPSA) is 0 Å². The number of hydrogen-bond acceptors (Lipinski definition) is 0. The van der Waals surface area contributed by atoms with Crippen molar-refractivity contribution in [1.82, 2.24) is 0 Å². The minimum atomic E-state index is -0.486. The number of rotatable bonds is 4. The van der Waals surface area contributed by atoms with Crippen LogP contribution >= 0.6 is 0 Å². The standard InChI is InChI=1S/C25H34Si/c1-17-13-23(14-18(2)20(17)4)26-25(15-19(3)21(5)22(25)6)16-24(7)11-9-8-10-12-24/h8-11,13-15H,12,16,26H2,1-7H3. The van der Waals surface area contributed by atoms with Crippen molar-refractivity contribution in [3.05, 3.63) is 75.9 Å². The van der Waals surface area contributed by atoms with Crippen LogP contribution in [0.2, 0.25) is 5.04 Å². The molecule has 26 heavy (non-hydrogen) atoms. The lowest BCUT2D eigenvalue weighted by molar-refractivity contribution is 0.367. The Kier molecular flexibility index (Phi) is 5.05. The van der Waals surface area contributed by atoms with Gasteiger partial charge in [0.1, 0.15) is 0 Å². The number of aryl methyl sites for hydroxylation is 2. The minimum Gasteiger partial charge on any atom is -0.0837 e. The molecule has 1 aromatic rings. The van der Waals surface area contributed by atoms with Crippen molar-refractivity contribution in [2.45, 2.75) is 66.3 Å². The molecule has 0 heterocycles. The fraction of sp³-hybridized carbons (Fsp3) is 0.440. The molecule has 0 amide bonds. The molecule has 0 nitrogen and oxygen atoms in total. The minimum absolute atomic E-state index is 0.263. The van der Waals surface area contributed by atoms with Gasteiger partial charge in [-0.15, -0.1) is 0 Å². The Morgan fingerprint density at radius 3 is 2.12 bits per heavy atom. The monoisotopic (exact) mass is 362 g/mol. The average molecular weight is 363 g/mol. The Balaban J connectivity index is 2.03.